The molecule has 2 rings (SSSR count). The molecule has 19 heavy (non-hydrogen) atoms. The van der Waals surface area contributed by atoms with Crippen molar-refractivity contribution < 1.29 is 13.5 Å². The van der Waals surface area contributed by atoms with E-state index in [9.17, 15) is 8.42 Å². The van der Waals surface area contributed by atoms with Gasteiger partial charge in [-0.1, -0.05) is 25.1 Å². The van der Waals surface area contributed by atoms with E-state index in [0.29, 0.717) is 10.6 Å². The van der Waals surface area contributed by atoms with Crippen molar-refractivity contribution in [2.75, 3.05) is 4.72 Å². The molecule has 0 aliphatic carbocycles. The maximum Gasteiger partial charge on any atom is 0.262 e. The minimum Gasteiger partial charge on any atom is -0.391 e. The van der Waals surface area contributed by atoms with E-state index < -0.39 is 10.0 Å². The summed E-state index contributed by atoms with van der Waals surface area (Å²) in [6.45, 7) is 1.83. The smallest absolute Gasteiger partial charge is 0.262 e. The number of aliphatic hydroxyl groups is 1. The Morgan fingerprint density at radius 3 is 2.68 bits per heavy atom. The van der Waals surface area contributed by atoms with E-state index in [2.05, 4.69) is 4.72 Å². The summed E-state index contributed by atoms with van der Waals surface area (Å²) in [6.07, 6.45) is 0.754. The van der Waals surface area contributed by atoms with Crippen LogP contribution in [0.5, 0.6) is 0 Å². The molecule has 0 saturated carbocycles. The summed E-state index contributed by atoms with van der Waals surface area (Å²) in [5.41, 5.74) is 1.55. The van der Waals surface area contributed by atoms with Crippen molar-refractivity contribution in [3.63, 3.8) is 0 Å². The molecule has 0 atom stereocenters. The van der Waals surface area contributed by atoms with Gasteiger partial charge in [-0.2, -0.15) is 0 Å². The van der Waals surface area contributed by atoms with Gasteiger partial charge in [0.2, 0.25) is 0 Å². The normalized spacial score (nSPS) is 11.5. The van der Waals surface area contributed by atoms with E-state index in [-0.39, 0.29) is 11.5 Å². The molecule has 0 saturated heterocycles. The summed E-state index contributed by atoms with van der Waals surface area (Å²) in [5.74, 6) is 0. The number of aliphatic hydroxyl groups excluding tert-OH is 1. The van der Waals surface area contributed by atoms with Crippen LogP contribution in [-0.4, -0.2) is 13.5 Å². The van der Waals surface area contributed by atoms with Gasteiger partial charge in [0.25, 0.3) is 10.0 Å². The fourth-order valence-corrected chi connectivity index (χ4v) is 3.95. The number of para-hydroxylation sites is 1. The number of sulfonamides is 1. The lowest BCUT2D eigenvalue weighted by Crippen LogP contribution is -2.13. The number of anilines is 1. The van der Waals surface area contributed by atoms with E-state index >= 15 is 0 Å². The van der Waals surface area contributed by atoms with Gasteiger partial charge in [0, 0.05) is 10.3 Å². The first-order valence-corrected chi connectivity index (χ1v) is 8.22. The van der Waals surface area contributed by atoms with Crippen LogP contribution in [0.2, 0.25) is 0 Å². The molecule has 102 valence electrons. The van der Waals surface area contributed by atoms with Crippen LogP contribution in [0.3, 0.4) is 0 Å². The predicted octanol–water partition coefficient (Wildman–Crippen LogP) is 2.60. The molecule has 2 N–H and O–H groups in total. The second-order valence-corrected chi connectivity index (χ2v) is 6.70. The van der Waals surface area contributed by atoms with Crippen LogP contribution in [0.25, 0.3) is 0 Å². The lowest BCUT2D eigenvalue weighted by molar-refractivity contribution is 0.285. The van der Waals surface area contributed by atoms with Crippen LogP contribution in [0.4, 0.5) is 5.69 Å². The van der Waals surface area contributed by atoms with Crippen LogP contribution in [-0.2, 0) is 23.1 Å². The second kappa shape index (κ2) is 5.73. The zero-order valence-corrected chi connectivity index (χ0v) is 12.1. The largest absolute Gasteiger partial charge is 0.391 e. The van der Waals surface area contributed by atoms with Gasteiger partial charge in [-0.3, -0.25) is 4.72 Å². The zero-order chi connectivity index (χ0) is 13.9. The van der Waals surface area contributed by atoms with E-state index in [0.717, 1.165) is 12.0 Å². The number of hydrogen-bond acceptors (Lipinski definition) is 4. The fourth-order valence-electron chi connectivity index (χ4n) is 1.72. The van der Waals surface area contributed by atoms with Crippen LogP contribution in [0, 0.1) is 0 Å². The van der Waals surface area contributed by atoms with Crippen LogP contribution in [0.1, 0.15) is 17.4 Å². The van der Waals surface area contributed by atoms with Gasteiger partial charge < -0.3 is 5.11 Å². The highest BCUT2D eigenvalue weighted by atomic mass is 32.2. The Hall–Kier alpha value is -1.37. The molecule has 6 heteroatoms. The number of aryl methyl sites for hydroxylation is 1. The van der Waals surface area contributed by atoms with E-state index in [1.165, 1.54) is 22.8 Å². The van der Waals surface area contributed by atoms with Crippen LogP contribution >= 0.6 is 11.3 Å². The van der Waals surface area contributed by atoms with Gasteiger partial charge in [0.15, 0.2) is 0 Å². The molecule has 0 spiro atoms. The third kappa shape index (κ3) is 3.15. The molecule has 1 heterocycles. The zero-order valence-electron chi connectivity index (χ0n) is 10.5. The Kier molecular flexibility index (Phi) is 4.24. The lowest BCUT2D eigenvalue weighted by Gasteiger charge is -2.10. The first kappa shape index (κ1) is 14.0. The fraction of sp³-hybridized carbons (Fsp3) is 0.231. The van der Waals surface area contributed by atoms with Crippen molar-refractivity contribution in [3.05, 3.63) is 46.2 Å². The molecule has 0 aliphatic heterocycles. The van der Waals surface area contributed by atoms with Crippen molar-refractivity contribution in [1.29, 1.82) is 0 Å². The molecule has 4 nitrogen and oxygen atoms in total. The van der Waals surface area contributed by atoms with E-state index in [4.69, 9.17) is 5.11 Å². The summed E-state index contributed by atoms with van der Waals surface area (Å²) in [5, 5.41) is 10.5. The van der Waals surface area contributed by atoms with E-state index in [1.807, 2.05) is 19.1 Å². The molecular weight excluding hydrogens is 282 g/mol. The van der Waals surface area contributed by atoms with Gasteiger partial charge in [-0.15, -0.1) is 11.3 Å². The van der Waals surface area contributed by atoms with Gasteiger partial charge >= 0.3 is 0 Å². The Bertz CT molecular complexity index is 662. The predicted molar refractivity (Wildman–Crippen MR) is 76.9 cm³/mol. The van der Waals surface area contributed by atoms with Gasteiger partial charge in [-0.05, 0) is 24.1 Å². The molecule has 1 aromatic heterocycles. The highest BCUT2D eigenvalue weighted by Crippen LogP contribution is 2.24. The number of rotatable bonds is 5. The summed E-state index contributed by atoms with van der Waals surface area (Å²) in [6, 6.07) is 8.80. The molecular formula is C13H15NO3S2. The SMILES string of the molecule is CCc1ccccc1NS(=O)(=O)c1csc(CO)c1. The molecule has 0 fully saturated rings. The maximum atomic E-state index is 12.2. The Morgan fingerprint density at radius 2 is 2.05 bits per heavy atom. The molecule has 1 aromatic carbocycles. The number of hydrogen-bond donors (Lipinski definition) is 2. The molecule has 0 aliphatic rings. The average Bonchev–Trinajstić information content (AvgIpc) is 2.88. The topological polar surface area (TPSA) is 66.4 Å². The Morgan fingerprint density at radius 1 is 1.32 bits per heavy atom. The van der Waals surface area contributed by atoms with Gasteiger partial charge in [-0.25, -0.2) is 8.42 Å². The molecule has 2 aromatic rings. The summed E-state index contributed by atoms with van der Waals surface area (Å²) >= 11 is 1.23. The third-order valence-corrected chi connectivity index (χ3v) is 5.15. The molecule has 0 radical (unpaired) electrons. The Balaban J connectivity index is 2.31. The highest BCUT2D eigenvalue weighted by Gasteiger charge is 2.17. The monoisotopic (exact) mass is 297 g/mol. The van der Waals surface area contributed by atoms with Gasteiger partial charge in [0.1, 0.15) is 0 Å². The van der Waals surface area contributed by atoms with Crippen LogP contribution in [0.15, 0.2) is 40.6 Å². The summed E-state index contributed by atoms with van der Waals surface area (Å²) in [7, 11) is -3.59. The van der Waals surface area contributed by atoms with Crippen molar-refractivity contribution in [3.8, 4) is 0 Å². The van der Waals surface area contributed by atoms with Gasteiger partial charge in [0.05, 0.1) is 17.2 Å². The first-order valence-electron chi connectivity index (χ1n) is 5.86. The lowest BCUT2D eigenvalue weighted by atomic mass is 10.1. The Labute approximate surface area is 116 Å². The van der Waals surface area contributed by atoms with Crippen molar-refractivity contribution in [2.24, 2.45) is 0 Å². The van der Waals surface area contributed by atoms with Crippen molar-refractivity contribution >= 4 is 27.0 Å². The minimum absolute atomic E-state index is 0.147. The van der Waals surface area contributed by atoms with Crippen molar-refractivity contribution in [1.82, 2.24) is 0 Å². The standard InChI is InChI=1S/C13H15NO3S2/c1-2-10-5-3-4-6-13(10)14-19(16,17)12-7-11(8-15)18-9-12/h3-7,9,14-15H,2,8H2,1H3. The summed E-state index contributed by atoms with van der Waals surface area (Å²) in [4.78, 5) is 0.816. The maximum absolute atomic E-state index is 12.2. The highest BCUT2D eigenvalue weighted by molar-refractivity contribution is 7.92. The van der Waals surface area contributed by atoms with Crippen molar-refractivity contribution in [2.45, 2.75) is 24.8 Å². The first-order chi connectivity index (χ1) is 9.06. The summed E-state index contributed by atoms with van der Waals surface area (Å²) < 4.78 is 27.0. The third-order valence-electron chi connectivity index (χ3n) is 2.74. The molecule has 0 amide bonds. The van der Waals surface area contributed by atoms with Crippen LogP contribution < -0.4 is 4.72 Å². The van der Waals surface area contributed by atoms with E-state index in [1.54, 1.807) is 12.1 Å². The minimum atomic E-state index is -3.59. The average molecular weight is 297 g/mol. The molecule has 0 bridgehead atoms. The second-order valence-electron chi connectivity index (χ2n) is 4.02. The quantitative estimate of drug-likeness (QED) is 0.891. The number of thiophene rings is 1. The molecule has 0 unspecified atom stereocenters. The number of benzene rings is 1. The number of nitrogens with one attached hydrogen (secondary N) is 1.